The number of nitrogens with zero attached hydrogens (tertiary/aromatic N) is 1. The highest BCUT2D eigenvalue weighted by molar-refractivity contribution is 7.84. The van der Waals surface area contributed by atoms with E-state index in [9.17, 15) is 4.21 Å². The number of rotatable bonds is 5. The van der Waals surface area contributed by atoms with Gasteiger partial charge in [0.2, 0.25) is 0 Å². The molecule has 0 aliphatic rings. The summed E-state index contributed by atoms with van der Waals surface area (Å²) in [4.78, 5) is 4.09. The Morgan fingerprint density at radius 2 is 2.23 bits per heavy atom. The van der Waals surface area contributed by atoms with Crippen molar-refractivity contribution >= 4 is 16.8 Å². The summed E-state index contributed by atoms with van der Waals surface area (Å²) in [6, 6.07) is 0.309. The minimum absolute atomic E-state index is 0.309. The van der Waals surface area contributed by atoms with Crippen LogP contribution in [0.15, 0.2) is 4.99 Å². The summed E-state index contributed by atoms with van der Waals surface area (Å²) in [5.41, 5.74) is 5.55. The highest BCUT2D eigenvalue weighted by Crippen LogP contribution is 1.85. The molecule has 0 saturated heterocycles. The molecule has 0 aromatic carbocycles. The quantitative estimate of drug-likeness (QED) is 0.379. The lowest BCUT2D eigenvalue weighted by Gasteiger charge is -2.07. The molecule has 0 aliphatic carbocycles. The van der Waals surface area contributed by atoms with Crippen molar-refractivity contribution in [1.29, 1.82) is 0 Å². The molecule has 1 atom stereocenters. The zero-order valence-corrected chi connectivity index (χ0v) is 9.36. The van der Waals surface area contributed by atoms with Gasteiger partial charge in [0.15, 0.2) is 5.96 Å². The lowest BCUT2D eigenvalue weighted by Crippen LogP contribution is -2.36. The van der Waals surface area contributed by atoms with Crippen molar-refractivity contribution in [2.75, 3.05) is 18.6 Å². The smallest absolute Gasteiger partial charge is 0.188 e. The summed E-state index contributed by atoms with van der Waals surface area (Å²) in [6.45, 7) is 4.65. The lowest BCUT2D eigenvalue weighted by molar-refractivity contribution is 0.684. The van der Waals surface area contributed by atoms with Gasteiger partial charge in [0.1, 0.15) is 0 Å². The molecular weight excluding hydrogens is 186 g/mol. The van der Waals surface area contributed by atoms with Crippen molar-refractivity contribution in [3.8, 4) is 0 Å². The van der Waals surface area contributed by atoms with Crippen LogP contribution in [0.3, 0.4) is 0 Å². The average molecular weight is 205 g/mol. The standard InChI is InChI=1S/C8H19N3OS/c1-7(2)11-8(9)10-5-4-6-13(3)12/h7H,4-6H2,1-3H3,(H3,9,10,11). The summed E-state index contributed by atoms with van der Waals surface area (Å²) in [5, 5.41) is 2.98. The summed E-state index contributed by atoms with van der Waals surface area (Å²) >= 11 is 0. The molecule has 0 heterocycles. The van der Waals surface area contributed by atoms with Crippen molar-refractivity contribution in [2.24, 2.45) is 10.7 Å². The highest BCUT2D eigenvalue weighted by atomic mass is 32.2. The molecule has 0 rings (SSSR count). The van der Waals surface area contributed by atoms with Gasteiger partial charge in [0.25, 0.3) is 0 Å². The second kappa shape index (κ2) is 6.88. The van der Waals surface area contributed by atoms with Crippen LogP contribution in [0.5, 0.6) is 0 Å². The fraction of sp³-hybridized carbons (Fsp3) is 0.875. The van der Waals surface area contributed by atoms with Crippen LogP contribution in [0.1, 0.15) is 20.3 Å². The monoisotopic (exact) mass is 205 g/mol. The lowest BCUT2D eigenvalue weighted by atomic mass is 10.4. The average Bonchev–Trinajstić information content (AvgIpc) is 1.96. The first kappa shape index (κ1) is 12.4. The van der Waals surface area contributed by atoms with Crippen molar-refractivity contribution < 1.29 is 4.21 Å². The van der Waals surface area contributed by atoms with E-state index in [4.69, 9.17) is 5.73 Å². The normalized spacial score (nSPS) is 14.6. The first-order valence-electron chi connectivity index (χ1n) is 4.39. The van der Waals surface area contributed by atoms with Crippen molar-refractivity contribution in [3.63, 3.8) is 0 Å². The van der Waals surface area contributed by atoms with E-state index in [1.807, 2.05) is 13.8 Å². The van der Waals surface area contributed by atoms with Crippen LogP contribution in [0.2, 0.25) is 0 Å². The molecule has 0 aromatic heterocycles. The van der Waals surface area contributed by atoms with Crippen LogP contribution in [-0.2, 0) is 10.8 Å². The first-order chi connectivity index (χ1) is 6.02. The predicted molar refractivity (Wildman–Crippen MR) is 58.3 cm³/mol. The molecular formula is C8H19N3OS. The molecule has 4 nitrogen and oxygen atoms in total. The predicted octanol–water partition coefficient (Wildman–Crippen LogP) is 0.0677. The van der Waals surface area contributed by atoms with Crippen LogP contribution < -0.4 is 11.1 Å². The third-order valence-corrected chi connectivity index (χ3v) is 2.17. The van der Waals surface area contributed by atoms with Gasteiger partial charge in [-0.05, 0) is 20.3 Å². The van der Waals surface area contributed by atoms with E-state index in [1.165, 1.54) is 0 Å². The van der Waals surface area contributed by atoms with Crippen LogP contribution in [0.25, 0.3) is 0 Å². The van der Waals surface area contributed by atoms with Crippen LogP contribution in [0, 0.1) is 0 Å². The maximum Gasteiger partial charge on any atom is 0.188 e. The molecule has 0 bridgehead atoms. The molecule has 0 fully saturated rings. The van der Waals surface area contributed by atoms with Gasteiger partial charge in [0, 0.05) is 35.4 Å². The molecule has 5 heteroatoms. The minimum atomic E-state index is -0.722. The second-order valence-corrected chi connectivity index (χ2v) is 4.75. The zero-order valence-electron chi connectivity index (χ0n) is 8.54. The number of aliphatic imine (C=N–C) groups is 1. The third kappa shape index (κ3) is 9.33. The van der Waals surface area contributed by atoms with Gasteiger partial charge in [-0.25, -0.2) is 0 Å². The molecule has 0 amide bonds. The van der Waals surface area contributed by atoms with Gasteiger partial charge in [-0.1, -0.05) is 0 Å². The molecule has 0 radical (unpaired) electrons. The van der Waals surface area contributed by atoms with Gasteiger partial charge in [-0.2, -0.15) is 0 Å². The maximum absolute atomic E-state index is 10.7. The number of hydrogen-bond donors (Lipinski definition) is 2. The van der Waals surface area contributed by atoms with Gasteiger partial charge in [0.05, 0.1) is 0 Å². The maximum atomic E-state index is 10.7. The Balaban J connectivity index is 3.53. The van der Waals surface area contributed by atoms with E-state index < -0.39 is 10.8 Å². The Kier molecular flexibility index (Phi) is 6.58. The van der Waals surface area contributed by atoms with Crippen molar-refractivity contribution in [1.82, 2.24) is 5.32 Å². The van der Waals surface area contributed by atoms with E-state index in [1.54, 1.807) is 6.26 Å². The number of nitrogens with two attached hydrogens (primary N) is 1. The van der Waals surface area contributed by atoms with Gasteiger partial charge < -0.3 is 11.1 Å². The second-order valence-electron chi connectivity index (χ2n) is 3.20. The Hall–Kier alpha value is -0.580. The van der Waals surface area contributed by atoms with E-state index in [-0.39, 0.29) is 0 Å². The van der Waals surface area contributed by atoms with E-state index in [0.717, 1.165) is 6.42 Å². The third-order valence-electron chi connectivity index (χ3n) is 1.31. The van der Waals surface area contributed by atoms with Crippen LogP contribution >= 0.6 is 0 Å². The zero-order chi connectivity index (χ0) is 10.3. The summed E-state index contributed by atoms with van der Waals surface area (Å²) < 4.78 is 10.7. The van der Waals surface area contributed by atoms with E-state index in [2.05, 4.69) is 10.3 Å². The molecule has 78 valence electrons. The number of nitrogens with one attached hydrogen (secondary N) is 1. The first-order valence-corrected chi connectivity index (χ1v) is 6.11. The Morgan fingerprint density at radius 1 is 1.62 bits per heavy atom. The fourth-order valence-corrected chi connectivity index (χ4v) is 1.34. The van der Waals surface area contributed by atoms with Gasteiger partial charge >= 0.3 is 0 Å². The van der Waals surface area contributed by atoms with Crippen LogP contribution in [-0.4, -0.2) is 34.8 Å². The van der Waals surface area contributed by atoms with Crippen LogP contribution in [0.4, 0.5) is 0 Å². The topological polar surface area (TPSA) is 67.5 Å². The SMILES string of the molecule is CC(C)NC(N)=NCCCS(C)=O. The molecule has 0 aliphatic heterocycles. The minimum Gasteiger partial charge on any atom is -0.370 e. The Morgan fingerprint density at radius 3 is 2.69 bits per heavy atom. The summed E-state index contributed by atoms with van der Waals surface area (Å²) in [6.07, 6.45) is 2.52. The van der Waals surface area contributed by atoms with Crippen molar-refractivity contribution in [2.45, 2.75) is 26.3 Å². The Labute approximate surface area is 82.5 Å². The fourth-order valence-electron chi connectivity index (χ4n) is 0.809. The Bertz CT molecular complexity index is 192. The molecule has 13 heavy (non-hydrogen) atoms. The number of guanidine groups is 1. The molecule has 3 N–H and O–H groups in total. The van der Waals surface area contributed by atoms with Gasteiger partial charge in [-0.15, -0.1) is 0 Å². The van der Waals surface area contributed by atoms with E-state index >= 15 is 0 Å². The molecule has 0 saturated carbocycles. The largest absolute Gasteiger partial charge is 0.370 e. The van der Waals surface area contributed by atoms with Crippen molar-refractivity contribution in [3.05, 3.63) is 0 Å². The molecule has 0 spiro atoms. The summed E-state index contributed by atoms with van der Waals surface area (Å²) in [5.74, 6) is 1.16. The molecule has 0 aromatic rings. The highest BCUT2D eigenvalue weighted by Gasteiger charge is 1.94. The summed E-state index contributed by atoms with van der Waals surface area (Å²) in [7, 11) is -0.722. The van der Waals surface area contributed by atoms with Gasteiger partial charge in [-0.3, -0.25) is 9.20 Å². The number of hydrogen-bond acceptors (Lipinski definition) is 2. The molecule has 1 unspecified atom stereocenters. The van der Waals surface area contributed by atoms with E-state index in [0.29, 0.717) is 24.3 Å².